The molecule has 0 aliphatic carbocycles. The van der Waals surface area contributed by atoms with Crippen molar-refractivity contribution in [2.75, 3.05) is 11.4 Å². The highest BCUT2D eigenvalue weighted by atomic mass is 35.5. The SMILES string of the molecule is CCN(c1ncc(Cl)cc1Cl)C1CC2CCC(C1)N2. The zero-order valence-electron chi connectivity index (χ0n) is 11.1. The average Bonchev–Trinajstić information content (AvgIpc) is 2.72. The molecule has 3 nitrogen and oxygen atoms in total. The molecule has 0 amide bonds. The number of piperidine rings is 1. The van der Waals surface area contributed by atoms with Crippen LogP contribution in [0.1, 0.15) is 32.6 Å². The molecule has 2 fully saturated rings. The molecule has 3 rings (SSSR count). The van der Waals surface area contributed by atoms with Gasteiger partial charge < -0.3 is 10.2 Å². The van der Waals surface area contributed by atoms with Gasteiger partial charge in [-0.25, -0.2) is 4.98 Å². The van der Waals surface area contributed by atoms with Gasteiger partial charge in [0.2, 0.25) is 0 Å². The lowest BCUT2D eigenvalue weighted by Gasteiger charge is -2.38. The topological polar surface area (TPSA) is 28.2 Å². The van der Waals surface area contributed by atoms with Gasteiger partial charge in [0.05, 0.1) is 10.0 Å². The molecule has 1 aromatic rings. The van der Waals surface area contributed by atoms with E-state index >= 15 is 0 Å². The Morgan fingerprint density at radius 3 is 2.58 bits per heavy atom. The highest BCUT2D eigenvalue weighted by molar-refractivity contribution is 6.36. The van der Waals surface area contributed by atoms with E-state index < -0.39 is 0 Å². The summed E-state index contributed by atoms with van der Waals surface area (Å²) in [4.78, 5) is 6.77. The van der Waals surface area contributed by atoms with Gasteiger partial charge >= 0.3 is 0 Å². The molecule has 5 heteroatoms. The van der Waals surface area contributed by atoms with Crippen molar-refractivity contribution >= 4 is 29.0 Å². The van der Waals surface area contributed by atoms with Crippen molar-refractivity contribution in [3.8, 4) is 0 Å². The molecule has 2 aliphatic rings. The maximum Gasteiger partial charge on any atom is 0.147 e. The van der Waals surface area contributed by atoms with Gasteiger partial charge in [-0.3, -0.25) is 0 Å². The summed E-state index contributed by atoms with van der Waals surface area (Å²) in [7, 11) is 0. The largest absolute Gasteiger partial charge is 0.353 e. The van der Waals surface area contributed by atoms with Gasteiger partial charge in [-0.15, -0.1) is 0 Å². The predicted molar refractivity (Wildman–Crippen MR) is 80.2 cm³/mol. The molecule has 2 aliphatic heterocycles. The zero-order chi connectivity index (χ0) is 13.4. The van der Waals surface area contributed by atoms with E-state index in [2.05, 4.69) is 22.1 Å². The Bertz CT molecular complexity index is 454. The molecule has 19 heavy (non-hydrogen) atoms. The minimum absolute atomic E-state index is 0.537. The second-order valence-corrected chi connectivity index (χ2v) is 6.35. The summed E-state index contributed by atoms with van der Waals surface area (Å²) < 4.78 is 0. The molecule has 2 unspecified atom stereocenters. The number of pyridine rings is 1. The van der Waals surface area contributed by atoms with E-state index in [1.807, 2.05) is 0 Å². The summed E-state index contributed by atoms with van der Waals surface area (Å²) >= 11 is 12.2. The first-order valence-electron chi connectivity index (χ1n) is 7.01. The second-order valence-electron chi connectivity index (χ2n) is 5.51. The van der Waals surface area contributed by atoms with Crippen molar-refractivity contribution in [2.45, 2.75) is 50.7 Å². The average molecular weight is 300 g/mol. The Balaban J connectivity index is 1.83. The maximum absolute atomic E-state index is 6.31. The number of rotatable bonds is 3. The fourth-order valence-electron chi connectivity index (χ4n) is 3.48. The van der Waals surface area contributed by atoms with Gasteiger partial charge in [-0.2, -0.15) is 0 Å². The highest BCUT2D eigenvalue weighted by Crippen LogP contribution is 2.34. The monoisotopic (exact) mass is 299 g/mol. The Labute approximate surface area is 124 Å². The van der Waals surface area contributed by atoms with E-state index in [0.29, 0.717) is 28.2 Å². The van der Waals surface area contributed by atoms with Crippen LogP contribution in [0.3, 0.4) is 0 Å². The third-order valence-electron chi connectivity index (χ3n) is 4.29. The first kappa shape index (κ1) is 13.5. The lowest BCUT2D eigenvalue weighted by molar-refractivity contribution is 0.348. The third-order valence-corrected chi connectivity index (χ3v) is 4.77. The Morgan fingerprint density at radius 2 is 2.00 bits per heavy atom. The van der Waals surface area contributed by atoms with Crippen LogP contribution >= 0.6 is 23.2 Å². The first-order chi connectivity index (χ1) is 9.17. The summed E-state index contributed by atoms with van der Waals surface area (Å²) in [5.74, 6) is 0.875. The van der Waals surface area contributed by atoms with Crippen molar-refractivity contribution in [1.29, 1.82) is 0 Å². The Morgan fingerprint density at radius 1 is 1.32 bits per heavy atom. The van der Waals surface area contributed by atoms with E-state index in [1.54, 1.807) is 12.3 Å². The number of aromatic nitrogens is 1. The molecular weight excluding hydrogens is 281 g/mol. The highest BCUT2D eigenvalue weighted by Gasteiger charge is 2.36. The van der Waals surface area contributed by atoms with E-state index in [-0.39, 0.29) is 0 Å². The lowest BCUT2D eigenvalue weighted by atomic mass is 9.98. The molecule has 1 N–H and O–H groups in total. The van der Waals surface area contributed by atoms with Crippen molar-refractivity contribution < 1.29 is 0 Å². The van der Waals surface area contributed by atoms with Gasteiger partial charge in [-0.05, 0) is 38.7 Å². The summed E-state index contributed by atoms with van der Waals surface area (Å²) in [5, 5.41) is 4.92. The quantitative estimate of drug-likeness (QED) is 0.926. The van der Waals surface area contributed by atoms with Crippen LogP contribution in [0.2, 0.25) is 10.0 Å². The fourth-order valence-corrected chi connectivity index (χ4v) is 3.97. The van der Waals surface area contributed by atoms with Crippen molar-refractivity contribution in [1.82, 2.24) is 10.3 Å². The van der Waals surface area contributed by atoms with Crippen molar-refractivity contribution in [3.05, 3.63) is 22.3 Å². The number of fused-ring (bicyclic) bond motifs is 2. The minimum Gasteiger partial charge on any atom is -0.353 e. The van der Waals surface area contributed by atoms with Crippen LogP contribution in [-0.2, 0) is 0 Å². The van der Waals surface area contributed by atoms with Gasteiger partial charge in [-0.1, -0.05) is 23.2 Å². The molecule has 0 aromatic carbocycles. The molecular formula is C14H19Cl2N3. The summed E-state index contributed by atoms with van der Waals surface area (Å²) in [5.41, 5.74) is 0. The van der Waals surface area contributed by atoms with E-state index in [9.17, 15) is 0 Å². The van der Waals surface area contributed by atoms with Gasteiger partial charge in [0.25, 0.3) is 0 Å². The minimum atomic E-state index is 0.537. The number of hydrogen-bond acceptors (Lipinski definition) is 3. The van der Waals surface area contributed by atoms with Crippen LogP contribution in [0.15, 0.2) is 12.3 Å². The smallest absolute Gasteiger partial charge is 0.147 e. The molecule has 3 heterocycles. The number of nitrogens with zero attached hydrogens (tertiary/aromatic N) is 2. The first-order valence-corrected chi connectivity index (χ1v) is 7.76. The molecule has 2 saturated heterocycles. The number of halogens is 2. The van der Waals surface area contributed by atoms with Crippen LogP contribution in [-0.4, -0.2) is 29.7 Å². The molecule has 1 aromatic heterocycles. The van der Waals surface area contributed by atoms with Crippen LogP contribution in [0, 0.1) is 0 Å². The standard InChI is InChI=1S/C14H19Cl2N3/c1-2-19(14-13(16)5-9(15)8-17-14)12-6-10-3-4-11(7-12)18-10/h5,8,10-12,18H,2-4,6-7H2,1H3. The summed E-state index contributed by atoms with van der Waals surface area (Å²) in [6.45, 7) is 3.09. The molecule has 0 spiro atoms. The van der Waals surface area contributed by atoms with Gasteiger partial charge in [0, 0.05) is 30.9 Å². The van der Waals surface area contributed by atoms with Crippen LogP contribution in [0.25, 0.3) is 0 Å². The Hall–Kier alpha value is -0.510. The molecule has 2 atom stereocenters. The zero-order valence-corrected chi connectivity index (χ0v) is 12.6. The van der Waals surface area contributed by atoms with Crippen molar-refractivity contribution in [2.24, 2.45) is 0 Å². The van der Waals surface area contributed by atoms with Gasteiger partial charge in [0.1, 0.15) is 5.82 Å². The number of hydrogen-bond donors (Lipinski definition) is 1. The van der Waals surface area contributed by atoms with E-state index in [0.717, 1.165) is 12.4 Å². The Kier molecular flexibility index (Phi) is 3.88. The fraction of sp³-hybridized carbons (Fsp3) is 0.643. The lowest BCUT2D eigenvalue weighted by Crippen LogP contribution is -2.48. The number of nitrogens with one attached hydrogen (secondary N) is 1. The molecule has 0 radical (unpaired) electrons. The second kappa shape index (κ2) is 5.47. The van der Waals surface area contributed by atoms with Crippen LogP contribution in [0.4, 0.5) is 5.82 Å². The number of anilines is 1. The third kappa shape index (κ3) is 2.69. The predicted octanol–water partition coefficient (Wildman–Crippen LogP) is 3.50. The van der Waals surface area contributed by atoms with Crippen LogP contribution in [0.5, 0.6) is 0 Å². The molecule has 0 saturated carbocycles. The van der Waals surface area contributed by atoms with E-state index in [1.165, 1.54) is 25.7 Å². The maximum atomic E-state index is 6.31. The molecule has 104 valence electrons. The summed E-state index contributed by atoms with van der Waals surface area (Å²) in [6.07, 6.45) is 6.66. The van der Waals surface area contributed by atoms with Crippen LogP contribution < -0.4 is 10.2 Å². The summed E-state index contributed by atoms with van der Waals surface area (Å²) in [6, 6.07) is 3.66. The van der Waals surface area contributed by atoms with Gasteiger partial charge in [0.15, 0.2) is 0 Å². The molecule has 2 bridgehead atoms. The van der Waals surface area contributed by atoms with E-state index in [4.69, 9.17) is 23.2 Å². The normalized spacial score (nSPS) is 29.5. The van der Waals surface area contributed by atoms with Crippen molar-refractivity contribution in [3.63, 3.8) is 0 Å².